The summed E-state index contributed by atoms with van der Waals surface area (Å²) in [4.78, 5) is 23.9. The molecule has 1 aliphatic rings. The van der Waals surface area contributed by atoms with Crippen LogP contribution < -0.4 is 5.32 Å². The zero-order valence-electron chi connectivity index (χ0n) is 18.5. The minimum atomic E-state index is -0.384. The fraction of sp³-hybridized carbons (Fsp3) is 0.280. The van der Waals surface area contributed by atoms with Gasteiger partial charge in [0.25, 0.3) is 5.91 Å². The standard InChI is InChI=1S/C25H25FN6O/c1-31-23(16-32-9-3-2-4-10-32)21(15-29-31)22-11-18-12-24(28-14-19(18)13-27-22)30-25(33)17-5-7-20(26)8-6-17/h5-8,11-15H,2-4,9-10,16H2,1H3,(H,28,30,33). The van der Waals surface area contributed by atoms with Crippen LogP contribution in [0.1, 0.15) is 35.3 Å². The summed E-state index contributed by atoms with van der Waals surface area (Å²) in [6.07, 6.45) is 9.12. The van der Waals surface area contributed by atoms with Gasteiger partial charge in [0.05, 0.1) is 17.6 Å². The number of hydrogen-bond donors (Lipinski definition) is 1. The second kappa shape index (κ2) is 9.07. The molecule has 0 atom stereocenters. The number of halogens is 1. The van der Waals surface area contributed by atoms with Crippen molar-refractivity contribution in [2.75, 3.05) is 18.4 Å². The number of benzene rings is 1. The molecule has 0 unspecified atom stereocenters. The molecule has 7 nitrogen and oxygen atoms in total. The van der Waals surface area contributed by atoms with Crippen molar-refractivity contribution in [2.24, 2.45) is 7.05 Å². The first-order valence-corrected chi connectivity index (χ1v) is 11.1. The molecule has 0 aliphatic carbocycles. The number of rotatable bonds is 5. The minimum absolute atomic E-state index is 0.341. The Kier molecular flexibility index (Phi) is 5.83. The molecule has 168 valence electrons. The normalized spacial score (nSPS) is 14.5. The molecule has 0 radical (unpaired) electrons. The maximum absolute atomic E-state index is 13.1. The number of anilines is 1. The Bertz CT molecular complexity index is 1290. The largest absolute Gasteiger partial charge is 0.307 e. The Morgan fingerprint density at radius 3 is 2.55 bits per heavy atom. The van der Waals surface area contributed by atoms with Crippen LogP contribution in [0, 0.1) is 5.82 Å². The predicted molar refractivity (Wildman–Crippen MR) is 125 cm³/mol. The molecule has 0 bridgehead atoms. The van der Waals surface area contributed by atoms with E-state index in [1.807, 2.05) is 30.1 Å². The van der Waals surface area contributed by atoms with Gasteiger partial charge in [0.1, 0.15) is 11.6 Å². The summed E-state index contributed by atoms with van der Waals surface area (Å²) in [7, 11) is 1.97. The fourth-order valence-corrected chi connectivity index (χ4v) is 4.24. The van der Waals surface area contributed by atoms with E-state index in [9.17, 15) is 9.18 Å². The first-order valence-electron chi connectivity index (χ1n) is 11.1. The van der Waals surface area contributed by atoms with Crippen LogP contribution >= 0.6 is 0 Å². The van der Waals surface area contributed by atoms with Crippen molar-refractivity contribution < 1.29 is 9.18 Å². The Labute approximate surface area is 191 Å². The van der Waals surface area contributed by atoms with Gasteiger partial charge in [0, 0.05) is 42.5 Å². The molecule has 8 heteroatoms. The number of nitrogens with zero attached hydrogens (tertiary/aromatic N) is 5. The van der Waals surface area contributed by atoms with Gasteiger partial charge >= 0.3 is 0 Å². The maximum Gasteiger partial charge on any atom is 0.256 e. The molecule has 4 aromatic rings. The second-order valence-corrected chi connectivity index (χ2v) is 8.41. The number of piperidine rings is 1. The number of nitrogens with one attached hydrogen (secondary N) is 1. The molecule has 1 aliphatic heterocycles. The van der Waals surface area contributed by atoms with E-state index < -0.39 is 0 Å². The highest BCUT2D eigenvalue weighted by Crippen LogP contribution is 2.27. The number of pyridine rings is 2. The van der Waals surface area contributed by atoms with Crippen LogP contribution in [0.4, 0.5) is 10.2 Å². The average Bonchev–Trinajstić information content (AvgIpc) is 3.19. The van der Waals surface area contributed by atoms with Crippen molar-refractivity contribution in [1.29, 1.82) is 0 Å². The van der Waals surface area contributed by atoms with Crippen LogP contribution in [0.5, 0.6) is 0 Å². The molecule has 1 saturated heterocycles. The maximum atomic E-state index is 13.1. The smallest absolute Gasteiger partial charge is 0.256 e. The van der Waals surface area contributed by atoms with Crippen molar-refractivity contribution in [2.45, 2.75) is 25.8 Å². The molecule has 4 heterocycles. The van der Waals surface area contributed by atoms with Crippen molar-refractivity contribution in [3.05, 3.63) is 72.1 Å². The van der Waals surface area contributed by atoms with Crippen LogP contribution in [-0.4, -0.2) is 43.6 Å². The van der Waals surface area contributed by atoms with E-state index in [2.05, 4.69) is 25.3 Å². The lowest BCUT2D eigenvalue weighted by molar-refractivity contribution is 0.102. The highest BCUT2D eigenvalue weighted by atomic mass is 19.1. The summed E-state index contributed by atoms with van der Waals surface area (Å²) in [5.74, 6) is -0.300. The minimum Gasteiger partial charge on any atom is -0.307 e. The Morgan fingerprint density at radius 1 is 1.00 bits per heavy atom. The number of aromatic nitrogens is 4. The van der Waals surface area contributed by atoms with Crippen LogP contribution in [0.2, 0.25) is 0 Å². The van der Waals surface area contributed by atoms with Gasteiger partial charge in [-0.25, -0.2) is 9.37 Å². The molecule has 0 saturated carbocycles. The molecule has 5 rings (SSSR count). The Balaban J connectivity index is 1.41. The topological polar surface area (TPSA) is 75.9 Å². The van der Waals surface area contributed by atoms with Crippen molar-refractivity contribution in [3.63, 3.8) is 0 Å². The molecule has 1 aromatic carbocycles. The van der Waals surface area contributed by atoms with E-state index in [0.29, 0.717) is 11.4 Å². The lowest BCUT2D eigenvalue weighted by atomic mass is 10.1. The molecular weight excluding hydrogens is 419 g/mol. The first-order chi connectivity index (χ1) is 16.1. The number of carbonyl (C=O) groups excluding carboxylic acids is 1. The third-order valence-electron chi connectivity index (χ3n) is 6.11. The van der Waals surface area contributed by atoms with Gasteiger partial charge in [-0.1, -0.05) is 6.42 Å². The highest BCUT2D eigenvalue weighted by Gasteiger charge is 2.18. The molecule has 1 amide bonds. The molecule has 1 fully saturated rings. The number of amides is 1. The van der Waals surface area contributed by atoms with Gasteiger partial charge in [-0.2, -0.15) is 5.10 Å². The molecule has 3 aromatic heterocycles. The highest BCUT2D eigenvalue weighted by molar-refractivity contribution is 6.04. The fourth-order valence-electron chi connectivity index (χ4n) is 4.24. The van der Waals surface area contributed by atoms with Gasteiger partial charge in [-0.15, -0.1) is 0 Å². The zero-order chi connectivity index (χ0) is 22.8. The number of hydrogen-bond acceptors (Lipinski definition) is 5. The first kappa shape index (κ1) is 21.2. The number of likely N-dealkylation sites (tertiary alicyclic amines) is 1. The molecular formula is C25H25FN6O. The lowest BCUT2D eigenvalue weighted by Crippen LogP contribution is -2.30. The summed E-state index contributed by atoms with van der Waals surface area (Å²) in [5, 5.41) is 9.06. The van der Waals surface area contributed by atoms with E-state index >= 15 is 0 Å². The summed E-state index contributed by atoms with van der Waals surface area (Å²) >= 11 is 0. The average molecular weight is 445 g/mol. The van der Waals surface area contributed by atoms with Gasteiger partial charge in [0.2, 0.25) is 0 Å². The SMILES string of the molecule is Cn1ncc(-c2cc3cc(NC(=O)c4ccc(F)cc4)ncc3cn2)c1CN1CCCCC1. The Morgan fingerprint density at radius 2 is 1.76 bits per heavy atom. The van der Waals surface area contributed by atoms with E-state index in [0.717, 1.165) is 47.4 Å². The van der Waals surface area contributed by atoms with Gasteiger partial charge in [-0.3, -0.25) is 19.4 Å². The van der Waals surface area contributed by atoms with Crippen LogP contribution in [0.3, 0.4) is 0 Å². The zero-order valence-corrected chi connectivity index (χ0v) is 18.5. The van der Waals surface area contributed by atoms with Crippen molar-refractivity contribution in [3.8, 4) is 11.3 Å². The van der Waals surface area contributed by atoms with E-state index in [-0.39, 0.29) is 11.7 Å². The third kappa shape index (κ3) is 4.61. The summed E-state index contributed by atoms with van der Waals surface area (Å²) in [6, 6.07) is 9.23. The van der Waals surface area contributed by atoms with Crippen LogP contribution in [-0.2, 0) is 13.6 Å². The molecule has 1 N–H and O–H groups in total. The van der Waals surface area contributed by atoms with Crippen LogP contribution in [0.25, 0.3) is 22.0 Å². The molecule has 33 heavy (non-hydrogen) atoms. The summed E-state index contributed by atoms with van der Waals surface area (Å²) in [6.45, 7) is 3.07. The molecule has 0 spiro atoms. The number of aryl methyl sites for hydroxylation is 1. The van der Waals surface area contributed by atoms with Crippen molar-refractivity contribution >= 4 is 22.5 Å². The van der Waals surface area contributed by atoms with Crippen molar-refractivity contribution in [1.82, 2.24) is 24.6 Å². The van der Waals surface area contributed by atoms with E-state index in [4.69, 9.17) is 0 Å². The summed E-state index contributed by atoms with van der Waals surface area (Å²) < 4.78 is 15.1. The van der Waals surface area contributed by atoms with Gasteiger partial charge in [-0.05, 0) is 67.7 Å². The second-order valence-electron chi connectivity index (χ2n) is 8.41. The lowest BCUT2D eigenvalue weighted by Gasteiger charge is -2.26. The number of carbonyl (C=O) groups is 1. The summed E-state index contributed by atoms with van der Waals surface area (Å²) in [5.41, 5.74) is 3.36. The van der Waals surface area contributed by atoms with Crippen LogP contribution in [0.15, 0.2) is 55.0 Å². The Hall–Kier alpha value is -3.65. The van der Waals surface area contributed by atoms with E-state index in [1.54, 1.807) is 12.4 Å². The third-order valence-corrected chi connectivity index (χ3v) is 6.11. The van der Waals surface area contributed by atoms with Gasteiger partial charge < -0.3 is 5.32 Å². The number of fused-ring (bicyclic) bond motifs is 1. The quantitative estimate of drug-likeness (QED) is 0.494. The monoisotopic (exact) mass is 444 g/mol. The van der Waals surface area contributed by atoms with Gasteiger partial charge in [0.15, 0.2) is 0 Å². The predicted octanol–water partition coefficient (Wildman–Crippen LogP) is 4.41. The van der Waals surface area contributed by atoms with E-state index in [1.165, 1.54) is 43.5 Å².